The lowest BCUT2D eigenvalue weighted by atomic mass is 10.1. The van der Waals surface area contributed by atoms with Crippen LogP contribution >= 0.6 is 12.2 Å². The van der Waals surface area contributed by atoms with Crippen LogP contribution in [-0.2, 0) is 6.42 Å². The van der Waals surface area contributed by atoms with E-state index in [2.05, 4.69) is 16.0 Å². The van der Waals surface area contributed by atoms with E-state index in [1.165, 1.54) is 0 Å². The molecule has 0 aliphatic heterocycles. The Hall–Kier alpha value is -4.49. The van der Waals surface area contributed by atoms with Gasteiger partial charge in [0.05, 0.1) is 12.2 Å². The summed E-state index contributed by atoms with van der Waals surface area (Å²) in [6.07, 6.45) is 0.734. The molecular formula is C30H27N3O3S. The van der Waals surface area contributed by atoms with E-state index in [1.807, 2.05) is 61.5 Å². The zero-order chi connectivity index (χ0) is 26.0. The van der Waals surface area contributed by atoms with Crippen molar-refractivity contribution in [2.75, 3.05) is 17.2 Å². The molecule has 0 aromatic heterocycles. The maximum absolute atomic E-state index is 12.9. The van der Waals surface area contributed by atoms with Gasteiger partial charge in [-0.25, -0.2) is 0 Å². The second kappa shape index (κ2) is 12.5. The lowest BCUT2D eigenvalue weighted by Gasteiger charge is -2.13. The van der Waals surface area contributed by atoms with Gasteiger partial charge in [-0.3, -0.25) is 14.9 Å². The van der Waals surface area contributed by atoms with Crippen molar-refractivity contribution >= 4 is 40.5 Å². The van der Waals surface area contributed by atoms with E-state index in [4.69, 9.17) is 17.0 Å². The lowest BCUT2D eigenvalue weighted by Crippen LogP contribution is -2.34. The van der Waals surface area contributed by atoms with Crippen LogP contribution in [-0.4, -0.2) is 23.5 Å². The molecule has 7 heteroatoms. The van der Waals surface area contributed by atoms with Gasteiger partial charge in [0.2, 0.25) is 0 Å². The molecule has 0 unspecified atom stereocenters. The highest BCUT2D eigenvalue weighted by Gasteiger charge is 2.14. The summed E-state index contributed by atoms with van der Waals surface area (Å²) in [6, 6.07) is 31.6. The number of benzene rings is 4. The number of hydrogen-bond donors (Lipinski definition) is 3. The normalized spacial score (nSPS) is 10.3. The summed E-state index contributed by atoms with van der Waals surface area (Å²) in [5, 5.41) is 8.73. The minimum absolute atomic E-state index is 0.154. The third kappa shape index (κ3) is 7.25. The molecule has 0 aliphatic carbocycles. The molecule has 0 aliphatic rings. The third-order valence-corrected chi connectivity index (χ3v) is 5.84. The highest BCUT2D eigenvalue weighted by atomic mass is 32.1. The number of carbonyl (C=O) groups excluding carboxylic acids is 2. The molecule has 0 heterocycles. The molecule has 6 nitrogen and oxygen atoms in total. The first-order chi connectivity index (χ1) is 18.0. The monoisotopic (exact) mass is 509 g/mol. The molecule has 2 amide bonds. The average Bonchev–Trinajstić information content (AvgIpc) is 2.91. The van der Waals surface area contributed by atoms with Crippen LogP contribution in [0.2, 0.25) is 0 Å². The minimum Gasteiger partial charge on any atom is -0.492 e. The van der Waals surface area contributed by atoms with Crippen LogP contribution < -0.4 is 20.7 Å². The Labute approximate surface area is 221 Å². The third-order valence-electron chi connectivity index (χ3n) is 5.64. The van der Waals surface area contributed by atoms with Crippen LogP contribution in [0, 0.1) is 6.92 Å². The standard InChI is InChI=1S/C30H27N3O3S/c1-21-9-5-6-12-25(21)28(34)31-23-15-17-24(18-16-23)32-30(37)33-29(35)26-13-7-8-14-27(26)36-20-19-22-10-3-2-4-11-22/h2-18H,19-20H2,1H3,(H,31,34)(H2,32,33,35,37). The van der Waals surface area contributed by atoms with Gasteiger partial charge in [-0.2, -0.15) is 0 Å². The van der Waals surface area contributed by atoms with Crippen molar-refractivity contribution in [3.8, 4) is 5.75 Å². The van der Waals surface area contributed by atoms with Crippen molar-refractivity contribution in [3.05, 3.63) is 125 Å². The van der Waals surface area contributed by atoms with Crippen molar-refractivity contribution in [2.45, 2.75) is 13.3 Å². The highest BCUT2D eigenvalue weighted by molar-refractivity contribution is 7.80. The number of ether oxygens (including phenoxy) is 1. The Morgan fingerprint density at radius 3 is 2.00 bits per heavy atom. The fraction of sp³-hybridized carbons (Fsp3) is 0.100. The van der Waals surface area contributed by atoms with E-state index < -0.39 is 0 Å². The number of amides is 2. The van der Waals surface area contributed by atoms with E-state index in [1.54, 1.807) is 48.5 Å². The Bertz CT molecular complexity index is 1390. The quantitative estimate of drug-likeness (QED) is 0.254. The van der Waals surface area contributed by atoms with Crippen LogP contribution in [0.4, 0.5) is 11.4 Å². The Balaban J connectivity index is 1.30. The fourth-order valence-electron chi connectivity index (χ4n) is 3.70. The average molecular weight is 510 g/mol. The summed E-state index contributed by atoms with van der Waals surface area (Å²) in [5.41, 5.74) is 4.41. The van der Waals surface area contributed by atoms with Crippen molar-refractivity contribution in [1.82, 2.24) is 5.32 Å². The molecule has 4 rings (SSSR count). The Kier molecular flexibility index (Phi) is 8.62. The Morgan fingerprint density at radius 2 is 1.30 bits per heavy atom. The molecule has 3 N–H and O–H groups in total. The fourth-order valence-corrected chi connectivity index (χ4v) is 3.91. The number of aryl methyl sites for hydroxylation is 1. The molecule has 0 bridgehead atoms. The SMILES string of the molecule is Cc1ccccc1C(=O)Nc1ccc(NC(=S)NC(=O)c2ccccc2OCCc2ccccc2)cc1. The van der Waals surface area contributed by atoms with Crippen molar-refractivity contribution in [2.24, 2.45) is 0 Å². The minimum atomic E-state index is -0.366. The first-order valence-electron chi connectivity index (χ1n) is 11.8. The van der Waals surface area contributed by atoms with Crippen LogP contribution in [0.5, 0.6) is 5.75 Å². The van der Waals surface area contributed by atoms with Crippen molar-refractivity contribution < 1.29 is 14.3 Å². The topological polar surface area (TPSA) is 79.5 Å². The van der Waals surface area contributed by atoms with Crippen LogP contribution in [0.1, 0.15) is 31.8 Å². The maximum Gasteiger partial charge on any atom is 0.261 e. The summed E-state index contributed by atoms with van der Waals surface area (Å²) in [4.78, 5) is 25.4. The van der Waals surface area contributed by atoms with Crippen LogP contribution in [0.15, 0.2) is 103 Å². The maximum atomic E-state index is 12.9. The van der Waals surface area contributed by atoms with Crippen molar-refractivity contribution in [3.63, 3.8) is 0 Å². The summed E-state index contributed by atoms with van der Waals surface area (Å²) in [7, 11) is 0. The van der Waals surface area contributed by atoms with E-state index in [0.29, 0.717) is 34.9 Å². The van der Waals surface area contributed by atoms with E-state index in [9.17, 15) is 9.59 Å². The van der Waals surface area contributed by atoms with Crippen LogP contribution in [0.3, 0.4) is 0 Å². The molecule has 0 saturated heterocycles. The van der Waals surface area contributed by atoms with E-state index in [-0.39, 0.29) is 16.9 Å². The molecule has 186 valence electrons. The predicted molar refractivity (Wildman–Crippen MR) is 151 cm³/mol. The summed E-state index contributed by atoms with van der Waals surface area (Å²) >= 11 is 5.33. The van der Waals surface area contributed by atoms with E-state index in [0.717, 1.165) is 17.5 Å². The number of para-hydroxylation sites is 1. The Morgan fingerprint density at radius 1 is 0.703 bits per heavy atom. The largest absolute Gasteiger partial charge is 0.492 e. The van der Waals surface area contributed by atoms with Gasteiger partial charge >= 0.3 is 0 Å². The number of thiocarbonyl (C=S) groups is 1. The zero-order valence-electron chi connectivity index (χ0n) is 20.4. The molecular weight excluding hydrogens is 482 g/mol. The summed E-state index contributed by atoms with van der Waals surface area (Å²) < 4.78 is 5.89. The molecule has 37 heavy (non-hydrogen) atoms. The highest BCUT2D eigenvalue weighted by Crippen LogP contribution is 2.19. The number of nitrogens with one attached hydrogen (secondary N) is 3. The first-order valence-corrected chi connectivity index (χ1v) is 12.3. The number of anilines is 2. The summed E-state index contributed by atoms with van der Waals surface area (Å²) in [5.74, 6) is -0.0475. The number of rotatable bonds is 8. The smallest absolute Gasteiger partial charge is 0.261 e. The molecule has 0 spiro atoms. The first kappa shape index (κ1) is 25.6. The second-order valence-corrected chi connectivity index (χ2v) is 8.74. The molecule has 0 radical (unpaired) electrons. The predicted octanol–water partition coefficient (Wildman–Crippen LogP) is 6.00. The molecule has 0 fully saturated rings. The molecule has 0 atom stereocenters. The van der Waals surface area contributed by atoms with E-state index >= 15 is 0 Å². The van der Waals surface area contributed by atoms with Crippen molar-refractivity contribution in [1.29, 1.82) is 0 Å². The van der Waals surface area contributed by atoms with Gasteiger partial charge in [0.15, 0.2) is 5.11 Å². The van der Waals surface area contributed by atoms with Crippen LogP contribution in [0.25, 0.3) is 0 Å². The van der Waals surface area contributed by atoms with Gasteiger partial charge in [-0.15, -0.1) is 0 Å². The number of carbonyl (C=O) groups is 2. The number of hydrogen-bond acceptors (Lipinski definition) is 4. The molecule has 4 aromatic rings. The second-order valence-electron chi connectivity index (χ2n) is 8.33. The lowest BCUT2D eigenvalue weighted by molar-refractivity contribution is 0.0972. The zero-order valence-corrected chi connectivity index (χ0v) is 21.2. The van der Waals surface area contributed by atoms with Gasteiger partial charge in [0.25, 0.3) is 11.8 Å². The van der Waals surface area contributed by atoms with Gasteiger partial charge < -0.3 is 15.4 Å². The molecule has 4 aromatic carbocycles. The molecule has 0 saturated carbocycles. The van der Waals surface area contributed by atoms with Gasteiger partial charge in [-0.05, 0) is 72.7 Å². The van der Waals surface area contributed by atoms with Gasteiger partial charge in [-0.1, -0.05) is 60.7 Å². The van der Waals surface area contributed by atoms with Gasteiger partial charge in [0, 0.05) is 23.4 Å². The summed E-state index contributed by atoms with van der Waals surface area (Å²) in [6.45, 7) is 2.34. The van der Waals surface area contributed by atoms with Gasteiger partial charge in [0.1, 0.15) is 5.75 Å².